The van der Waals surface area contributed by atoms with E-state index in [9.17, 15) is 13.7 Å². The first kappa shape index (κ1) is 19.5. The van der Waals surface area contributed by atoms with Gasteiger partial charge in [-0.05, 0) is 55.0 Å². The van der Waals surface area contributed by atoms with Crippen molar-refractivity contribution in [3.63, 3.8) is 0 Å². The zero-order valence-electron chi connectivity index (χ0n) is 13.4. The molecule has 0 fully saturated rings. The van der Waals surface area contributed by atoms with Crippen LogP contribution in [0.25, 0.3) is 6.08 Å². The Hall–Kier alpha value is -1.81. The number of benzene rings is 2. The van der Waals surface area contributed by atoms with E-state index in [-0.39, 0.29) is 9.80 Å². The van der Waals surface area contributed by atoms with E-state index in [0.29, 0.717) is 22.9 Å². The van der Waals surface area contributed by atoms with E-state index in [1.54, 1.807) is 24.3 Å². The molecule has 0 amide bonds. The number of allylic oxidation sites excluding steroid dienone is 1. The Morgan fingerprint density at radius 2 is 1.96 bits per heavy atom. The second-order valence-electron chi connectivity index (χ2n) is 5.11. The van der Waals surface area contributed by atoms with Crippen LogP contribution < -0.4 is 4.74 Å². The highest BCUT2D eigenvalue weighted by Gasteiger charge is 2.21. The molecule has 130 valence electrons. The van der Waals surface area contributed by atoms with Crippen LogP contribution in [0.2, 0.25) is 5.02 Å². The molecule has 0 spiro atoms. The minimum atomic E-state index is -3.95. The van der Waals surface area contributed by atoms with Crippen molar-refractivity contribution in [1.82, 2.24) is 0 Å². The quantitative estimate of drug-likeness (QED) is 0.577. The molecule has 0 unspecified atom stereocenters. The average molecular weight is 441 g/mol. The van der Waals surface area contributed by atoms with Crippen LogP contribution in [0.5, 0.6) is 5.75 Å². The number of sulfone groups is 1. The van der Waals surface area contributed by atoms with Crippen LogP contribution in [0.4, 0.5) is 0 Å². The van der Waals surface area contributed by atoms with Gasteiger partial charge in [-0.3, -0.25) is 0 Å². The fourth-order valence-electron chi connectivity index (χ4n) is 2.03. The second-order valence-corrected chi connectivity index (χ2v) is 8.38. The molecule has 0 radical (unpaired) electrons. The summed E-state index contributed by atoms with van der Waals surface area (Å²) in [6.07, 6.45) is 2.13. The van der Waals surface area contributed by atoms with Crippen LogP contribution in [-0.4, -0.2) is 15.0 Å². The number of hydrogen-bond donors (Lipinski definition) is 0. The molecule has 0 heterocycles. The summed E-state index contributed by atoms with van der Waals surface area (Å²) < 4.78 is 31.8. The van der Waals surface area contributed by atoms with Gasteiger partial charge in [0, 0.05) is 15.1 Å². The van der Waals surface area contributed by atoms with Gasteiger partial charge in [-0.25, -0.2) is 8.42 Å². The van der Waals surface area contributed by atoms with Crippen molar-refractivity contribution in [3.8, 4) is 11.8 Å². The highest BCUT2D eigenvalue weighted by molar-refractivity contribution is 9.10. The van der Waals surface area contributed by atoms with Gasteiger partial charge in [0.2, 0.25) is 9.84 Å². The molecule has 0 saturated carbocycles. The van der Waals surface area contributed by atoms with E-state index in [1.165, 1.54) is 30.3 Å². The molecule has 2 aromatic carbocycles. The molecule has 25 heavy (non-hydrogen) atoms. The van der Waals surface area contributed by atoms with Gasteiger partial charge in [-0.1, -0.05) is 34.5 Å². The summed E-state index contributed by atoms with van der Waals surface area (Å²) in [5.74, 6) is 0.518. The highest BCUT2D eigenvalue weighted by atomic mass is 79.9. The van der Waals surface area contributed by atoms with Crippen LogP contribution in [0, 0.1) is 11.3 Å². The predicted molar refractivity (Wildman–Crippen MR) is 102 cm³/mol. The van der Waals surface area contributed by atoms with E-state index >= 15 is 0 Å². The van der Waals surface area contributed by atoms with Crippen molar-refractivity contribution in [2.45, 2.75) is 18.2 Å². The van der Waals surface area contributed by atoms with Gasteiger partial charge in [0.05, 0.1) is 11.5 Å². The molecular weight excluding hydrogens is 426 g/mol. The Labute approximate surface area is 160 Å². The first-order valence-electron chi connectivity index (χ1n) is 7.43. The fraction of sp³-hybridized carbons (Fsp3) is 0.167. The first-order chi connectivity index (χ1) is 11.9. The molecule has 2 aromatic rings. The van der Waals surface area contributed by atoms with E-state index in [1.807, 2.05) is 6.92 Å². The van der Waals surface area contributed by atoms with E-state index in [0.717, 1.165) is 10.9 Å². The summed E-state index contributed by atoms with van der Waals surface area (Å²) in [6.45, 7) is 2.47. The van der Waals surface area contributed by atoms with Gasteiger partial charge in [0.15, 0.2) is 0 Å². The van der Waals surface area contributed by atoms with Gasteiger partial charge in [-0.2, -0.15) is 5.26 Å². The maximum absolute atomic E-state index is 12.7. The normalized spacial score (nSPS) is 11.8. The Balaban J connectivity index is 2.52. The lowest BCUT2D eigenvalue weighted by Gasteiger charge is -2.10. The third-order valence-electron chi connectivity index (χ3n) is 3.24. The summed E-state index contributed by atoms with van der Waals surface area (Å²) in [4.78, 5) is -0.356. The molecule has 7 heteroatoms. The van der Waals surface area contributed by atoms with Crippen LogP contribution in [0.1, 0.15) is 18.9 Å². The molecule has 0 aromatic heterocycles. The van der Waals surface area contributed by atoms with Gasteiger partial charge in [0.1, 0.15) is 16.7 Å². The number of rotatable bonds is 6. The summed E-state index contributed by atoms with van der Waals surface area (Å²) in [7, 11) is -3.95. The van der Waals surface area contributed by atoms with Crippen molar-refractivity contribution < 1.29 is 13.2 Å². The molecule has 0 N–H and O–H groups in total. The topological polar surface area (TPSA) is 67.2 Å². The fourth-order valence-corrected chi connectivity index (χ4v) is 3.68. The van der Waals surface area contributed by atoms with Crippen LogP contribution in [0.15, 0.2) is 56.7 Å². The lowest BCUT2D eigenvalue weighted by atomic mass is 10.2. The van der Waals surface area contributed by atoms with Crippen LogP contribution in [-0.2, 0) is 9.84 Å². The Kier molecular flexibility index (Phi) is 6.65. The maximum Gasteiger partial charge on any atom is 0.216 e. The van der Waals surface area contributed by atoms with Crippen LogP contribution in [0.3, 0.4) is 0 Å². The second kappa shape index (κ2) is 8.52. The Morgan fingerprint density at radius 3 is 2.56 bits per heavy atom. The highest BCUT2D eigenvalue weighted by Crippen LogP contribution is 2.29. The monoisotopic (exact) mass is 439 g/mol. The van der Waals surface area contributed by atoms with Gasteiger partial charge in [0.25, 0.3) is 0 Å². The van der Waals surface area contributed by atoms with Crippen molar-refractivity contribution in [1.29, 1.82) is 5.26 Å². The number of nitriles is 1. The van der Waals surface area contributed by atoms with E-state index < -0.39 is 9.84 Å². The summed E-state index contributed by atoms with van der Waals surface area (Å²) in [5.41, 5.74) is 0.511. The minimum Gasteiger partial charge on any atom is -0.493 e. The zero-order chi connectivity index (χ0) is 18.4. The van der Waals surface area contributed by atoms with Crippen molar-refractivity contribution in [2.24, 2.45) is 0 Å². The minimum absolute atomic E-state index is 0.00993. The van der Waals surface area contributed by atoms with Gasteiger partial charge < -0.3 is 4.74 Å². The molecule has 0 aliphatic carbocycles. The third kappa shape index (κ3) is 4.85. The van der Waals surface area contributed by atoms with Gasteiger partial charge >= 0.3 is 0 Å². The number of halogens is 2. The predicted octanol–water partition coefficient (Wildman–Crippen LogP) is 5.23. The van der Waals surface area contributed by atoms with E-state index in [2.05, 4.69) is 15.9 Å². The van der Waals surface area contributed by atoms with Crippen molar-refractivity contribution >= 4 is 43.4 Å². The summed E-state index contributed by atoms with van der Waals surface area (Å²) >= 11 is 9.14. The number of ether oxygens (including phenoxy) is 1. The summed E-state index contributed by atoms with van der Waals surface area (Å²) in [5, 5.41) is 9.82. The molecular formula is C18H15BrClNO3S. The third-order valence-corrected chi connectivity index (χ3v) is 5.67. The number of nitrogens with zero attached hydrogens (tertiary/aromatic N) is 1. The van der Waals surface area contributed by atoms with Crippen LogP contribution >= 0.6 is 27.5 Å². The maximum atomic E-state index is 12.7. The lowest BCUT2D eigenvalue weighted by molar-refractivity contribution is 0.317. The van der Waals surface area contributed by atoms with Crippen molar-refractivity contribution in [3.05, 3.63) is 62.4 Å². The number of hydrogen-bond acceptors (Lipinski definition) is 4. The molecule has 2 rings (SSSR count). The molecule has 0 aliphatic rings. The van der Waals surface area contributed by atoms with Crippen molar-refractivity contribution in [2.75, 3.05) is 6.61 Å². The Bertz CT molecular complexity index is 932. The molecule has 0 atom stereocenters. The smallest absolute Gasteiger partial charge is 0.216 e. The summed E-state index contributed by atoms with van der Waals surface area (Å²) in [6, 6.07) is 12.7. The molecule has 0 aliphatic heterocycles. The first-order valence-corrected chi connectivity index (χ1v) is 10.1. The zero-order valence-corrected chi connectivity index (χ0v) is 16.5. The average Bonchev–Trinajstić information content (AvgIpc) is 2.59. The lowest BCUT2D eigenvalue weighted by Crippen LogP contribution is -2.04. The Morgan fingerprint density at radius 1 is 1.28 bits per heavy atom. The SMILES string of the molecule is CCCOc1ccc(Br)cc1/C=C(\C#N)S(=O)(=O)c1ccc(Cl)cc1. The molecule has 0 saturated heterocycles. The standard InChI is InChI=1S/C18H15BrClNO3S/c1-2-9-24-18-8-3-14(19)10-13(18)11-17(12-21)25(22,23)16-6-4-15(20)5-7-16/h3-8,10-11H,2,9H2,1H3/b17-11+. The largest absolute Gasteiger partial charge is 0.493 e. The molecule has 4 nitrogen and oxygen atoms in total. The van der Waals surface area contributed by atoms with Gasteiger partial charge in [-0.15, -0.1) is 0 Å². The van der Waals surface area contributed by atoms with E-state index in [4.69, 9.17) is 16.3 Å². The molecule has 0 bridgehead atoms.